The van der Waals surface area contributed by atoms with Gasteiger partial charge >= 0.3 is 0 Å². The molecule has 0 saturated carbocycles. The van der Waals surface area contributed by atoms with Gasteiger partial charge in [0.2, 0.25) is 0 Å². The largest absolute Gasteiger partial charge is 0.489 e. The zero-order chi connectivity index (χ0) is 21.5. The topological polar surface area (TPSA) is 72.5 Å². The Hall–Kier alpha value is -3.28. The minimum absolute atomic E-state index is 0.0267. The molecule has 0 spiro atoms. The first kappa shape index (κ1) is 21.4. The molecule has 1 aliphatic heterocycles. The molecule has 1 aliphatic rings. The number of ether oxygens (including phenoxy) is 2. The first-order chi connectivity index (χ1) is 14.4. The first-order valence-corrected chi connectivity index (χ1v) is 10.2. The van der Waals surface area contributed by atoms with Crippen LogP contribution in [0.4, 0.5) is 11.5 Å². The summed E-state index contributed by atoms with van der Waals surface area (Å²) in [6.07, 6.45) is 6.04. The Balaban J connectivity index is 1.86. The molecule has 158 valence electrons. The van der Waals surface area contributed by atoms with Crippen LogP contribution in [0, 0.1) is 0 Å². The Morgan fingerprint density at radius 3 is 2.80 bits per heavy atom. The number of anilines is 2. The van der Waals surface area contributed by atoms with Gasteiger partial charge < -0.3 is 20.1 Å². The van der Waals surface area contributed by atoms with Crippen molar-refractivity contribution in [2.45, 2.75) is 52.2 Å². The molecule has 2 aromatic rings. The number of fused-ring (bicyclic) bond motifs is 3. The molecule has 1 amide bonds. The molecule has 0 radical (unpaired) electrons. The summed E-state index contributed by atoms with van der Waals surface area (Å²) in [5.41, 5.74) is 1.86. The van der Waals surface area contributed by atoms with Crippen LogP contribution in [0.3, 0.4) is 0 Å². The maximum atomic E-state index is 12.6. The number of rotatable bonds is 0. The van der Waals surface area contributed by atoms with Crippen molar-refractivity contribution >= 4 is 23.2 Å². The Morgan fingerprint density at radius 1 is 1.17 bits per heavy atom. The molecule has 2 N–H and O–H groups in total. The fourth-order valence-corrected chi connectivity index (χ4v) is 3.17. The second-order valence-corrected chi connectivity index (χ2v) is 7.63. The van der Waals surface area contributed by atoms with Gasteiger partial charge in [0.25, 0.3) is 5.91 Å². The molecule has 1 aromatic heterocycles. The summed E-state index contributed by atoms with van der Waals surface area (Å²) in [6, 6.07) is 11.4. The van der Waals surface area contributed by atoms with E-state index in [1.165, 1.54) is 6.26 Å². The van der Waals surface area contributed by atoms with Gasteiger partial charge in [-0.05, 0) is 64.3 Å². The number of nitrogens with one attached hydrogen (secondary N) is 2. The van der Waals surface area contributed by atoms with E-state index < -0.39 is 0 Å². The van der Waals surface area contributed by atoms with Gasteiger partial charge in [0.05, 0.1) is 18.1 Å². The van der Waals surface area contributed by atoms with Crippen LogP contribution in [-0.2, 0) is 9.53 Å². The van der Waals surface area contributed by atoms with Crippen molar-refractivity contribution in [3.63, 3.8) is 0 Å². The van der Waals surface area contributed by atoms with Crippen molar-refractivity contribution in [2.75, 3.05) is 10.6 Å². The highest BCUT2D eigenvalue weighted by atomic mass is 16.5. The van der Waals surface area contributed by atoms with Crippen molar-refractivity contribution in [1.29, 1.82) is 0 Å². The number of nitrogens with zero attached hydrogens (tertiary/aromatic N) is 1. The number of pyridine rings is 1. The Bertz CT molecular complexity index is 939. The third-order valence-corrected chi connectivity index (χ3v) is 4.92. The zero-order valence-corrected chi connectivity index (χ0v) is 17.8. The smallest absolute Gasteiger partial charge is 0.254 e. The normalized spacial score (nSPS) is 22.6. The summed E-state index contributed by atoms with van der Waals surface area (Å²) in [7, 11) is 0. The van der Waals surface area contributed by atoms with E-state index in [9.17, 15) is 4.79 Å². The minimum atomic E-state index is -0.265. The molecule has 2 unspecified atom stereocenters. The SMILES string of the molecule is C=C1O/C=C(\C)C(=O)Nc2ccccc2OC(C)CCCC(C)Nc2cc1ccn2. The number of hydrogen-bond acceptors (Lipinski definition) is 5. The van der Waals surface area contributed by atoms with Gasteiger partial charge in [0, 0.05) is 23.4 Å². The summed E-state index contributed by atoms with van der Waals surface area (Å²) in [5.74, 6) is 1.60. The summed E-state index contributed by atoms with van der Waals surface area (Å²) in [4.78, 5) is 17.0. The van der Waals surface area contributed by atoms with Gasteiger partial charge in [-0.15, -0.1) is 0 Å². The Labute approximate surface area is 178 Å². The van der Waals surface area contributed by atoms with E-state index in [1.54, 1.807) is 13.1 Å². The highest BCUT2D eigenvalue weighted by Crippen LogP contribution is 2.27. The number of carbonyl (C=O) groups excluding carboxylic acids is 1. The molecular weight excluding hydrogens is 378 g/mol. The molecule has 30 heavy (non-hydrogen) atoms. The molecule has 3 rings (SSSR count). The van der Waals surface area contributed by atoms with Gasteiger partial charge in [-0.25, -0.2) is 4.98 Å². The van der Waals surface area contributed by atoms with Crippen molar-refractivity contribution in [3.05, 3.63) is 66.6 Å². The molecule has 0 saturated heterocycles. The van der Waals surface area contributed by atoms with Crippen LogP contribution in [-0.4, -0.2) is 23.0 Å². The fourth-order valence-electron chi connectivity index (χ4n) is 3.17. The lowest BCUT2D eigenvalue weighted by Crippen LogP contribution is -2.19. The van der Waals surface area contributed by atoms with Gasteiger partial charge in [0.1, 0.15) is 17.3 Å². The standard InChI is InChI=1S/C24H29N3O3/c1-16-15-29-19(4)20-12-13-25-23(14-20)26-17(2)8-7-9-18(3)30-22-11-6-5-10-21(22)27-24(16)28/h5-6,10-15,17-18H,4,7-9H2,1-3H3,(H,25,26)(H,27,28)/b16-15+. The quantitative estimate of drug-likeness (QED) is 0.615. The van der Waals surface area contributed by atoms with Crippen LogP contribution >= 0.6 is 0 Å². The number of amides is 1. The van der Waals surface area contributed by atoms with E-state index in [2.05, 4.69) is 29.1 Å². The average Bonchev–Trinajstić information content (AvgIpc) is 2.72. The molecule has 6 heteroatoms. The summed E-state index contributed by atoms with van der Waals surface area (Å²) in [5, 5.41) is 6.33. The van der Waals surface area contributed by atoms with Crippen LogP contribution < -0.4 is 15.4 Å². The molecule has 1 aromatic carbocycles. The number of aromatic nitrogens is 1. The Kier molecular flexibility index (Phi) is 7.12. The number of para-hydroxylation sites is 2. The van der Waals surface area contributed by atoms with E-state index in [1.807, 2.05) is 43.3 Å². The average molecular weight is 408 g/mol. The van der Waals surface area contributed by atoms with Crippen molar-refractivity contribution in [1.82, 2.24) is 4.98 Å². The number of carbonyl (C=O) groups is 1. The van der Waals surface area contributed by atoms with Gasteiger partial charge in [-0.2, -0.15) is 0 Å². The molecule has 6 nitrogen and oxygen atoms in total. The van der Waals surface area contributed by atoms with Crippen molar-refractivity contribution in [2.24, 2.45) is 0 Å². The van der Waals surface area contributed by atoms with Crippen LogP contribution in [0.5, 0.6) is 5.75 Å². The highest BCUT2D eigenvalue weighted by molar-refractivity contribution is 6.04. The van der Waals surface area contributed by atoms with Crippen molar-refractivity contribution < 1.29 is 14.3 Å². The zero-order valence-electron chi connectivity index (χ0n) is 17.8. The van der Waals surface area contributed by atoms with Crippen molar-refractivity contribution in [3.8, 4) is 5.75 Å². The second-order valence-electron chi connectivity index (χ2n) is 7.63. The third-order valence-electron chi connectivity index (χ3n) is 4.92. The summed E-state index contributed by atoms with van der Waals surface area (Å²) in [6.45, 7) is 9.84. The van der Waals surface area contributed by atoms with E-state index >= 15 is 0 Å². The van der Waals surface area contributed by atoms with Gasteiger partial charge in [-0.3, -0.25) is 4.79 Å². The molecule has 2 heterocycles. The van der Waals surface area contributed by atoms with Gasteiger partial charge in [-0.1, -0.05) is 18.7 Å². The van der Waals surface area contributed by atoms with E-state index in [4.69, 9.17) is 9.47 Å². The predicted molar refractivity (Wildman–Crippen MR) is 120 cm³/mol. The monoisotopic (exact) mass is 407 g/mol. The number of benzene rings is 1. The summed E-state index contributed by atoms with van der Waals surface area (Å²) < 4.78 is 11.7. The molecule has 0 aliphatic carbocycles. The highest BCUT2D eigenvalue weighted by Gasteiger charge is 2.14. The van der Waals surface area contributed by atoms with Crippen LogP contribution in [0.1, 0.15) is 45.6 Å². The van der Waals surface area contributed by atoms with E-state index in [0.717, 1.165) is 30.6 Å². The van der Waals surface area contributed by atoms with E-state index in [-0.39, 0.29) is 18.1 Å². The minimum Gasteiger partial charge on any atom is -0.489 e. The number of hydrogen-bond donors (Lipinski definition) is 2. The maximum absolute atomic E-state index is 12.6. The van der Waals surface area contributed by atoms with Gasteiger partial charge in [0.15, 0.2) is 0 Å². The van der Waals surface area contributed by atoms with Crippen LogP contribution in [0.15, 0.2) is 61.0 Å². The fraction of sp³-hybridized carbons (Fsp3) is 0.333. The molecular formula is C24H29N3O3. The molecule has 2 atom stereocenters. The summed E-state index contributed by atoms with van der Waals surface area (Å²) >= 11 is 0. The first-order valence-electron chi connectivity index (χ1n) is 10.2. The van der Waals surface area contributed by atoms with E-state index in [0.29, 0.717) is 22.8 Å². The maximum Gasteiger partial charge on any atom is 0.254 e. The lowest BCUT2D eigenvalue weighted by Gasteiger charge is -2.20. The molecule has 0 fully saturated rings. The van der Waals surface area contributed by atoms with Crippen LogP contribution in [0.2, 0.25) is 0 Å². The third kappa shape index (κ3) is 5.86. The lowest BCUT2D eigenvalue weighted by molar-refractivity contribution is -0.112. The second kappa shape index (κ2) is 9.96. The Morgan fingerprint density at radius 2 is 1.97 bits per heavy atom. The van der Waals surface area contributed by atoms with Crippen LogP contribution in [0.25, 0.3) is 5.76 Å². The lowest BCUT2D eigenvalue weighted by atomic mass is 10.1. The molecule has 2 bridgehead atoms. The predicted octanol–water partition coefficient (Wildman–Crippen LogP) is 5.36.